The predicted octanol–water partition coefficient (Wildman–Crippen LogP) is 2.44. The molecule has 3 heterocycles. The van der Waals surface area contributed by atoms with Crippen LogP contribution in [0.3, 0.4) is 0 Å². The Balaban J connectivity index is 1.80. The third-order valence-corrected chi connectivity index (χ3v) is 4.37. The van der Waals surface area contributed by atoms with Gasteiger partial charge in [0, 0.05) is 18.8 Å². The largest absolute Gasteiger partial charge is 0.452 e. The highest BCUT2D eigenvalue weighted by Crippen LogP contribution is 2.32. The number of benzene rings is 1. The minimum Gasteiger partial charge on any atom is -0.452 e. The molecule has 10 nitrogen and oxygen atoms in total. The summed E-state index contributed by atoms with van der Waals surface area (Å²) in [6.45, 7) is -0.400. The van der Waals surface area contributed by atoms with Crippen molar-refractivity contribution in [3.63, 3.8) is 0 Å². The number of amides is 1. The number of hydrogen-bond acceptors (Lipinski definition) is 8. The van der Waals surface area contributed by atoms with Crippen LogP contribution in [-0.4, -0.2) is 44.9 Å². The van der Waals surface area contributed by atoms with E-state index in [0.29, 0.717) is 5.39 Å². The van der Waals surface area contributed by atoms with Crippen LogP contribution in [0.15, 0.2) is 42.5 Å². The molecular weight excluding hydrogens is 403 g/mol. The molecule has 0 aliphatic rings. The van der Waals surface area contributed by atoms with Gasteiger partial charge in [0.15, 0.2) is 23.1 Å². The minimum atomic E-state index is -3.00. The number of ether oxygens (including phenoxy) is 1. The van der Waals surface area contributed by atoms with Crippen molar-refractivity contribution in [2.45, 2.75) is 6.54 Å². The lowest BCUT2D eigenvalue weighted by molar-refractivity contribution is 0.180. The number of fused-ring (bicyclic) bond motifs is 1. The second-order valence-corrected chi connectivity index (χ2v) is 6.27. The second-order valence-electron chi connectivity index (χ2n) is 6.27. The lowest BCUT2D eigenvalue weighted by Gasteiger charge is -2.18. The molecule has 0 bridgehead atoms. The normalized spacial score (nSPS) is 14.6. The van der Waals surface area contributed by atoms with Crippen LogP contribution < -0.4 is 16.4 Å². The first-order chi connectivity index (χ1) is 17.7. The van der Waals surface area contributed by atoms with Gasteiger partial charge in [0.25, 0.3) is 0 Å². The van der Waals surface area contributed by atoms with Crippen molar-refractivity contribution < 1.29 is 23.5 Å². The van der Waals surface area contributed by atoms with E-state index in [0.717, 1.165) is 4.90 Å². The van der Waals surface area contributed by atoms with E-state index in [1.54, 1.807) is 12.1 Å². The van der Waals surface area contributed by atoms with Gasteiger partial charge in [-0.1, -0.05) is 18.1 Å². The molecule has 0 unspecified atom stereocenters. The average molecular weight is 429 g/mol. The van der Waals surface area contributed by atoms with Crippen LogP contribution >= 0.6 is 0 Å². The van der Waals surface area contributed by atoms with Gasteiger partial charge in [-0.2, -0.15) is 5.10 Å². The van der Waals surface area contributed by atoms with E-state index in [4.69, 9.17) is 21.1 Å². The van der Waals surface area contributed by atoms with E-state index in [2.05, 4.69) is 24.8 Å². The van der Waals surface area contributed by atoms with Gasteiger partial charge in [-0.15, -0.1) is 0 Å². The van der Waals surface area contributed by atoms with E-state index in [1.165, 1.54) is 17.9 Å². The summed E-state index contributed by atoms with van der Waals surface area (Å²) >= 11 is 0. The second kappa shape index (κ2) is 7.86. The number of methoxy groups -OCH3 is 1. The topological polar surface area (TPSA) is 138 Å². The summed E-state index contributed by atoms with van der Waals surface area (Å²) in [4.78, 5) is 25.4. The van der Waals surface area contributed by atoms with Crippen LogP contribution in [0, 0.1) is 5.82 Å². The Labute approximate surface area is 186 Å². The van der Waals surface area contributed by atoms with Crippen molar-refractivity contribution >= 4 is 34.4 Å². The van der Waals surface area contributed by atoms with Gasteiger partial charge in [0.1, 0.15) is 17.2 Å². The fourth-order valence-corrected chi connectivity index (χ4v) is 2.97. The summed E-state index contributed by atoms with van der Waals surface area (Å²) in [5.41, 5.74) is 11.8. The van der Waals surface area contributed by atoms with Gasteiger partial charge < -0.3 is 16.2 Å². The number of carbonyl (C=O) groups excluding carboxylic acids is 1. The third-order valence-electron chi connectivity index (χ3n) is 4.37. The number of hydrogen-bond donors (Lipinski definition) is 2. The molecular formula is C20H19FN8O2. The first-order valence-corrected chi connectivity index (χ1v) is 8.67. The van der Waals surface area contributed by atoms with Crippen molar-refractivity contribution in [1.29, 1.82) is 0 Å². The summed E-state index contributed by atoms with van der Waals surface area (Å²) in [6, 6.07) is 0.523. The van der Waals surface area contributed by atoms with Gasteiger partial charge in [0.05, 0.1) is 28.6 Å². The number of halogens is 1. The Kier molecular flexibility index (Phi) is 3.32. The quantitative estimate of drug-likeness (QED) is 0.504. The van der Waals surface area contributed by atoms with Crippen LogP contribution in [0.5, 0.6) is 0 Å². The summed E-state index contributed by atoms with van der Waals surface area (Å²) in [5.74, 6) is -1.83. The number of nitrogens with zero attached hydrogens (tertiary/aromatic N) is 6. The molecule has 11 heteroatoms. The molecule has 0 aliphatic carbocycles. The smallest absolute Gasteiger partial charge is 0.413 e. The van der Waals surface area contributed by atoms with Crippen LogP contribution in [0.1, 0.15) is 15.2 Å². The van der Waals surface area contributed by atoms with Crippen molar-refractivity contribution in [3.05, 3.63) is 53.9 Å². The molecule has 1 aromatic carbocycles. The van der Waals surface area contributed by atoms with Crippen LogP contribution in [0.4, 0.5) is 26.5 Å². The highest BCUT2D eigenvalue weighted by Gasteiger charge is 2.23. The standard InChI is InChI=1S/C20H19FN8O2/c1-28(20(30)31-2)15-16(22)25-18(26-17(15)23)14-12-7-5-9-24-19(12)29(27-14)10-11-6-3-4-8-13(11)21/h3-9H,10H2,1-2H3,(H4,22,23,25,26)/i2D3,3D,4D,6D,8D. The molecule has 4 rings (SSSR count). The SMILES string of the molecule is [2H]c1c([2H])c([2H])c(Cn2nc(-c3nc(N)c(N(C)C(=O)OC([2H])([2H])[2H])c(N)n3)c3cccnc32)c(F)c1[2H]. The minimum absolute atomic E-state index is 0.103. The molecule has 0 radical (unpaired) electrons. The summed E-state index contributed by atoms with van der Waals surface area (Å²) in [6.07, 6.45) is 0.173. The first kappa shape index (κ1) is 13.1. The summed E-state index contributed by atoms with van der Waals surface area (Å²) in [5, 5.41) is 4.76. The number of rotatable bonds is 4. The molecule has 0 spiro atoms. The maximum atomic E-state index is 14.8. The van der Waals surface area contributed by atoms with Gasteiger partial charge in [-0.05, 0) is 18.2 Å². The lowest BCUT2D eigenvalue weighted by atomic mass is 10.2. The molecule has 1 amide bonds. The van der Waals surface area contributed by atoms with E-state index in [-0.39, 0.29) is 40.1 Å². The van der Waals surface area contributed by atoms with Gasteiger partial charge in [-0.25, -0.2) is 28.8 Å². The molecule has 4 aromatic rings. The van der Waals surface area contributed by atoms with Crippen LogP contribution in [0.25, 0.3) is 22.6 Å². The number of anilines is 3. The maximum absolute atomic E-state index is 14.8. The van der Waals surface area contributed by atoms with Gasteiger partial charge >= 0.3 is 6.09 Å². The number of carbonyl (C=O) groups is 1. The molecule has 31 heavy (non-hydrogen) atoms. The summed E-state index contributed by atoms with van der Waals surface area (Å²) < 4.78 is 72.9. The van der Waals surface area contributed by atoms with E-state index in [1.807, 2.05) is 0 Å². The Hall–Kier alpha value is -4.28. The Morgan fingerprint density at radius 1 is 1.32 bits per heavy atom. The highest BCUT2D eigenvalue weighted by atomic mass is 19.1. The third kappa shape index (κ3) is 3.56. The van der Waals surface area contributed by atoms with Gasteiger partial charge in [-0.3, -0.25) is 4.90 Å². The number of pyridine rings is 1. The molecule has 4 N–H and O–H groups in total. The fourth-order valence-electron chi connectivity index (χ4n) is 2.97. The zero-order chi connectivity index (χ0) is 28.1. The van der Waals surface area contributed by atoms with E-state index >= 15 is 0 Å². The lowest BCUT2D eigenvalue weighted by Crippen LogP contribution is -2.28. The highest BCUT2D eigenvalue weighted by molar-refractivity contribution is 5.96. The fraction of sp³-hybridized carbons (Fsp3) is 0.150. The first-order valence-electron chi connectivity index (χ1n) is 12.2. The number of nitrogen functional groups attached to an aromatic ring is 2. The zero-order valence-electron chi connectivity index (χ0n) is 23.0. The molecule has 158 valence electrons. The average Bonchev–Trinajstić information content (AvgIpc) is 3.21. The van der Waals surface area contributed by atoms with Crippen LogP contribution in [-0.2, 0) is 11.3 Å². The van der Waals surface area contributed by atoms with Crippen molar-refractivity contribution in [3.8, 4) is 11.5 Å². The molecule has 0 aliphatic heterocycles. The molecule has 3 aromatic heterocycles. The van der Waals surface area contributed by atoms with E-state index < -0.39 is 49.7 Å². The molecule has 0 fully saturated rings. The monoisotopic (exact) mass is 429 g/mol. The number of aromatic nitrogens is 5. The molecule has 0 atom stereocenters. The van der Waals surface area contributed by atoms with Crippen molar-refractivity contribution in [2.24, 2.45) is 0 Å². The number of nitrogens with two attached hydrogens (primary N) is 2. The molecule has 0 saturated carbocycles. The zero-order valence-corrected chi connectivity index (χ0v) is 16.0. The van der Waals surface area contributed by atoms with Gasteiger partial charge in [0.2, 0.25) is 0 Å². The Bertz CT molecular complexity index is 1540. The Morgan fingerprint density at radius 2 is 2.06 bits per heavy atom. The Morgan fingerprint density at radius 3 is 2.81 bits per heavy atom. The summed E-state index contributed by atoms with van der Waals surface area (Å²) in [7, 11) is -1.83. The van der Waals surface area contributed by atoms with E-state index in [9.17, 15) is 9.18 Å². The predicted molar refractivity (Wildman–Crippen MR) is 114 cm³/mol. The molecule has 0 saturated heterocycles. The maximum Gasteiger partial charge on any atom is 0.413 e. The van der Waals surface area contributed by atoms with Crippen molar-refractivity contribution in [2.75, 3.05) is 30.5 Å². The van der Waals surface area contributed by atoms with Crippen molar-refractivity contribution in [1.82, 2.24) is 24.7 Å². The van der Waals surface area contributed by atoms with Crippen LogP contribution in [0.2, 0.25) is 0 Å².